The topological polar surface area (TPSA) is 63.3 Å². The smallest absolute Gasteiger partial charge is 0.172 e. The number of benzene rings is 1. The fraction of sp³-hybridized carbons (Fsp3) is 0. The van der Waals surface area contributed by atoms with Gasteiger partial charge in [0.25, 0.3) is 0 Å². The lowest BCUT2D eigenvalue weighted by Gasteiger charge is -2.03. The first-order valence-electron chi connectivity index (χ1n) is 6.21. The van der Waals surface area contributed by atoms with E-state index in [4.69, 9.17) is 0 Å². The second-order valence-corrected chi connectivity index (χ2v) is 4.49. The minimum Gasteiger partial charge on any atom is -0.507 e. The molecule has 4 aromatic rings. The van der Waals surface area contributed by atoms with E-state index in [0.29, 0.717) is 11.4 Å². The fourth-order valence-electron chi connectivity index (χ4n) is 2.35. The van der Waals surface area contributed by atoms with E-state index >= 15 is 0 Å². The highest BCUT2D eigenvalue weighted by atomic mass is 16.3. The van der Waals surface area contributed by atoms with E-state index in [-0.39, 0.29) is 5.75 Å². The van der Waals surface area contributed by atoms with Crippen molar-refractivity contribution < 1.29 is 5.11 Å². The van der Waals surface area contributed by atoms with Gasteiger partial charge in [-0.15, -0.1) is 10.2 Å². The number of pyridine rings is 2. The van der Waals surface area contributed by atoms with Gasteiger partial charge >= 0.3 is 0 Å². The van der Waals surface area contributed by atoms with Crippen molar-refractivity contribution in [3.8, 4) is 17.1 Å². The first-order valence-corrected chi connectivity index (χ1v) is 6.21. The number of aromatic nitrogens is 4. The Hall–Kier alpha value is -2.95. The number of phenols is 1. The Balaban J connectivity index is 2.08. The number of aromatic hydroxyl groups is 1. The van der Waals surface area contributed by atoms with Crippen molar-refractivity contribution >= 4 is 16.6 Å². The molecule has 96 valence electrons. The van der Waals surface area contributed by atoms with Crippen LogP contribution in [0.3, 0.4) is 0 Å². The molecule has 20 heavy (non-hydrogen) atoms. The SMILES string of the molecule is Oc1ccccc1-c1nnc2c3cccnc3ccn12. The van der Waals surface area contributed by atoms with E-state index < -0.39 is 0 Å². The van der Waals surface area contributed by atoms with Crippen LogP contribution in [0.5, 0.6) is 5.75 Å². The molecule has 0 saturated heterocycles. The van der Waals surface area contributed by atoms with Crippen molar-refractivity contribution in [1.82, 2.24) is 19.6 Å². The van der Waals surface area contributed by atoms with Crippen LogP contribution in [0.4, 0.5) is 0 Å². The van der Waals surface area contributed by atoms with E-state index in [1.165, 1.54) is 0 Å². The standard InChI is InChI=1S/C15H10N4O/c20-13-6-2-1-4-11(13)15-18-17-14-10-5-3-8-16-12(10)7-9-19(14)15/h1-9,20H. The third-order valence-electron chi connectivity index (χ3n) is 3.30. The quantitative estimate of drug-likeness (QED) is 0.572. The van der Waals surface area contributed by atoms with Crippen molar-refractivity contribution in [3.63, 3.8) is 0 Å². The van der Waals surface area contributed by atoms with Crippen molar-refractivity contribution in [2.24, 2.45) is 0 Å². The molecule has 0 aliphatic heterocycles. The van der Waals surface area contributed by atoms with Gasteiger partial charge in [-0.25, -0.2) is 0 Å². The van der Waals surface area contributed by atoms with E-state index in [1.807, 2.05) is 40.9 Å². The summed E-state index contributed by atoms with van der Waals surface area (Å²) in [5.74, 6) is 0.803. The average Bonchev–Trinajstić information content (AvgIpc) is 2.92. The van der Waals surface area contributed by atoms with Crippen molar-refractivity contribution in [1.29, 1.82) is 0 Å². The van der Waals surface area contributed by atoms with Crippen molar-refractivity contribution in [2.75, 3.05) is 0 Å². The molecule has 5 nitrogen and oxygen atoms in total. The highest BCUT2D eigenvalue weighted by Gasteiger charge is 2.13. The normalized spacial score (nSPS) is 11.2. The summed E-state index contributed by atoms with van der Waals surface area (Å²) in [7, 11) is 0. The average molecular weight is 262 g/mol. The van der Waals surface area contributed by atoms with E-state index in [1.54, 1.807) is 18.3 Å². The van der Waals surface area contributed by atoms with Gasteiger partial charge in [-0.05, 0) is 30.3 Å². The predicted octanol–water partition coefficient (Wildman–Crippen LogP) is 2.65. The maximum Gasteiger partial charge on any atom is 0.172 e. The summed E-state index contributed by atoms with van der Waals surface area (Å²) in [5.41, 5.74) is 2.26. The molecule has 0 atom stereocenters. The number of hydrogen-bond acceptors (Lipinski definition) is 4. The molecule has 0 unspecified atom stereocenters. The third-order valence-corrected chi connectivity index (χ3v) is 3.30. The molecule has 0 saturated carbocycles. The van der Waals surface area contributed by atoms with Crippen LogP contribution in [0.15, 0.2) is 54.9 Å². The molecular formula is C15H10N4O. The molecule has 3 aromatic heterocycles. The Morgan fingerprint density at radius 2 is 1.85 bits per heavy atom. The predicted molar refractivity (Wildman–Crippen MR) is 75.4 cm³/mol. The highest BCUT2D eigenvalue weighted by molar-refractivity contribution is 5.91. The summed E-state index contributed by atoms with van der Waals surface area (Å²) in [5, 5.41) is 19.3. The van der Waals surface area contributed by atoms with E-state index in [9.17, 15) is 5.11 Å². The molecule has 0 aliphatic rings. The first-order chi connectivity index (χ1) is 9.84. The first kappa shape index (κ1) is 10.9. The van der Waals surface area contributed by atoms with Crippen LogP contribution in [0.25, 0.3) is 27.9 Å². The van der Waals surface area contributed by atoms with Crippen LogP contribution >= 0.6 is 0 Å². The Kier molecular flexibility index (Phi) is 2.20. The minimum absolute atomic E-state index is 0.188. The van der Waals surface area contributed by atoms with Gasteiger partial charge in [-0.3, -0.25) is 9.38 Å². The number of nitrogens with zero attached hydrogens (tertiary/aromatic N) is 4. The zero-order valence-corrected chi connectivity index (χ0v) is 10.4. The summed E-state index contributed by atoms with van der Waals surface area (Å²) in [6, 6.07) is 12.8. The van der Waals surface area contributed by atoms with Crippen LogP contribution in [-0.4, -0.2) is 24.7 Å². The second kappa shape index (κ2) is 4.03. The minimum atomic E-state index is 0.188. The van der Waals surface area contributed by atoms with Crippen LogP contribution in [-0.2, 0) is 0 Å². The molecule has 1 N–H and O–H groups in total. The monoisotopic (exact) mass is 262 g/mol. The van der Waals surface area contributed by atoms with Gasteiger partial charge in [-0.2, -0.15) is 0 Å². The van der Waals surface area contributed by atoms with Gasteiger partial charge in [0.1, 0.15) is 5.75 Å². The lowest BCUT2D eigenvalue weighted by molar-refractivity contribution is 0.477. The van der Waals surface area contributed by atoms with Gasteiger partial charge in [0, 0.05) is 17.8 Å². The molecule has 3 heterocycles. The molecule has 5 heteroatoms. The Morgan fingerprint density at radius 3 is 2.75 bits per heavy atom. The summed E-state index contributed by atoms with van der Waals surface area (Å²) in [6.07, 6.45) is 3.62. The molecule has 0 amide bonds. The van der Waals surface area contributed by atoms with Crippen LogP contribution in [0.1, 0.15) is 0 Å². The Morgan fingerprint density at radius 1 is 0.950 bits per heavy atom. The Labute approximate surface area is 114 Å². The zero-order chi connectivity index (χ0) is 13.5. The largest absolute Gasteiger partial charge is 0.507 e. The summed E-state index contributed by atoms with van der Waals surface area (Å²) in [4.78, 5) is 4.30. The maximum absolute atomic E-state index is 9.96. The number of phenolic OH excluding ortho intramolecular Hbond substituents is 1. The lowest BCUT2D eigenvalue weighted by atomic mass is 10.2. The van der Waals surface area contributed by atoms with Gasteiger partial charge in [0.05, 0.1) is 11.1 Å². The molecule has 4 rings (SSSR count). The molecule has 0 spiro atoms. The maximum atomic E-state index is 9.96. The number of rotatable bonds is 1. The van der Waals surface area contributed by atoms with Gasteiger partial charge in [0.2, 0.25) is 0 Å². The van der Waals surface area contributed by atoms with Crippen molar-refractivity contribution in [2.45, 2.75) is 0 Å². The fourth-order valence-corrected chi connectivity index (χ4v) is 2.35. The van der Waals surface area contributed by atoms with Crippen molar-refractivity contribution in [3.05, 3.63) is 54.9 Å². The van der Waals surface area contributed by atoms with Crippen LogP contribution < -0.4 is 0 Å². The molecular weight excluding hydrogens is 252 g/mol. The lowest BCUT2D eigenvalue weighted by Crippen LogP contribution is -1.91. The number of para-hydroxylation sites is 1. The van der Waals surface area contributed by atoms with Crippen LogP contribution in [0.2, 0.25) is 0 Å². The number of fused-ring (bicyclic) bond motifs is 3. The second-order valence-electron chi connectivity index (χ2n) is 4.49. The van der Waals surface area contributed by atoms with Gasteiger partial charge in [-0.1, -0.05) is 12.1 Å². The van der Waals surface area contributed by atoms with E-state index in [2.05, 4.69) is 15.2 Å². The Bertz CT molecular complexity index is 929. The summed E-state index contributed by atoms with van der Waals surface area (Å²) < 4.78 is 1.86. The van der Waals surface area contributed by atoms with E-state index in [0.717, 1.165) is 16.6 Å². The highest BCUT2D eigenvalue weighted by Crippen LogP contribution is 2.28. The summed E-state index contributed by atoms with van der Waals surface area (Å²) >= 11 is 0. The number of hydrogen-bond donors (Lipinski definition) is 1. The van der Waals surface area contributed by atoms with Crippen LogP contribution in [0, 0.1) is 0 Å². The summed E-state index contributed by atoms with van der Waals surface area (Å²) in [6.45, 7) is 0. The zero-order valence-electron chi connectivity index (χ0n) is 10.4. The third kappa shape index (κ3) is 1.46. The molecule has 0 radical (unpaired) electrons. The molecule has 0 fully saturated rings. The molecule has 0 aliphatic carbocycles. The molecule has 0 bridgehead atoms. The van der Waals surface area contributed by atoms with Gasteiger partial charge < -0.3 is 5.11 Å². The molecule has 1 aromatic carbocycles. The van der Waals surface area contributed by atoms with Gasteiger partial charge in [0.15, 0.2) is 11.5 Å².